The Kier molecular flexibility index (Phi) is 3.67. The Bertz CT molecular complexity index is 622. The average molecular weight is 269 g/mol. The highest BCUT2D eigenvalue weighted by molar-refractivity contribution is 5.84. The lowest BCUT2D eigenvalue weighted by Gasteiger charge is -2.28. The van der Waals surface area contributed by atoms with Crippen LogP contribution in [0.25, 0.3) is 10.8 Å². The molecule has 1 heterocycles. The summed E-state index contributed by atoms with van der Waals surface area (Å²) in [6.45, 7) is 1.94. The molecule has 0 aromatic heterocycles. The average Bonchev–Trinajstić information content (AvgIpc) is 2.42. The molecule has 0 bridgehead atoms. The zero-order valence-electron chi connectivity index (χ0n) is 11.3. The number of benzene rings is 2. The van der Waals surface area contributed by atoms with Gasteiger partial charge in [-0.2, -0.15) is 0 Å². The maximum atomic E-state index is 12.0. The lowest BCUT2D eigenvalue weighted by Crippen LogP contribution is -2.52. The molecule has 1 saturated heterocycles. The third-order valence-electron chi connectivity index (χ3n) is 3.88. The molecular weight excluding hydrogens is 250 g/mol. The lowest BCUT2D eigenvalue weighted by molar-refractivity contribution is -0.127. The molecule has 4 heteroatoms. The van der Waals surface area contributed by atoms with E-state index in [0.29, 0.717) is 6.54 Å². The zero-order chi connectivity index (χ0) is 13.9. The third kappa shape index (κ3) is 2.53. The molecule has 0 spiro atoms. The second-order valence-electron chi connectivity index (χ2n) is 5.26. The number of rotatable bonds is 4. The Morgan fingerprint density at radius 2 is 2.00 bits per heavy atom. The molecule has 1 atom stereocenters. The van der Waals surface area contributed by atoms with Crippen LogP contribution < -0.4 is 16.4 Å². The van der Waals surface area contributed by atoms with Gasteiger partial charge in [0.25, 0.3) is 0 Å². The van der Waals surface area contributed by atoms with E-state index in [1.807, 2.05) is 18.2 Å². The first-order valence-corrected chi connectivity index (χ1v) is 6.98. The first-order valence-electron chi connectivity index (χ1n) is 6.98. The number of carbonyl (C=O) groups excluding carboxylic acids is 1. The fourth-order valence-electron chi connectivity index (χ4n) is 2.47. The number of hydrogen-bond acceptors (Lipinski definition) is 3. The number of nitrogens with one attached hydrogen (secondary N) is 2. The molecule has 20 heavy (non-hydrogen) atoms. The highest BCUT2D eigenvalue weighted by atomic mass is 16.2. The van der Waals surface area contributed by atoms with Crippen LogP contribution in [0.4, 0.5) is 0 Å². The van der Waals surface area contributed by atoms with Crippen LogP contribution in [0.3, 0.4) is 0 Å². The third-order valence-corrected chi connectivity index (χ3v) is 3.88. The van der Waals surface area contributed by atoms with Gasteiger partial charge in [0.2, 0.25) is 5.91 Å². The first kappa shape index (κ1) is 13.1. The van der Waals surface area contributed by atoms with E-state index < -0.39 is 0 Å². The summed E-state index contributed by atoms with van der Waals surface area (Å²) in [5.41, 5.74) is 6.89. The maximum absolute atomic E-state index is 12.0. The van der Waals surface area contributed by atoms with E-state index in [0.717, 1.165) is 18.7 Å². The second kappa shape index (κ2) is 5.61. The Morgan fingerprint density at radius 3 is 2.65 bits per heavy atom. The molecule has 0 saturated carbocycles. The van der Waals surface area contributed by atoms with Gasteiger partial charge >= 0.3 is 0 Å². The van der Waals surface area contributed by atoms with Crippen LogP contribution in [0.2, 0.25) is 0 Å². The quantitative estimate of drug-likeness (QED) is 0.780. The van der Waals surface area contributed by atoms with Gasteiger partial charge in [-0.15, -0.1) is 0 Å². The summed E-state index contributed by atoms with van der Waals surface area (Å²) < 4.78 is 0. The number of nitrogens with two attached hydrogens (primary N) is 1. The molecule has 1 amide bonds. The van der Waals surface area contributed by atoms with Crippen molar-refractivity contribution in [1.82, 2.24) is 10.6 Å². The van der Waals surface area contributed by atoms with Crippen LogP contribution in [-0.4, -0.2) is 25.5 Å². The normalized spacial score (nSPS) is 16.6. The second-order valence-corrected chi connectivity index (χ2v) is 5.26. The van der Waals surface area contributed by atoms with Crippen LogP contribution in [0.1, 0.15) is 11.6 Å². The minimum absolute atomic E-state index is 0.0875. The Balaban J connectivity index is 1.81. The van der Waals surface area contributed by atoms with Crippen molar-refractivity contribution in [3.05, 3.63) is 48.0 Å². The summed E-state index contributed by atoms with van der Waals surface area (Å²) in [5.74, 6) is 0.178. The summed E-state index contributed by atoms with van der Waals surface area (Å²) in [7, 11) is 0. The fourth-order valence-corrected chi connectivity index (χ4v) is 2.47. The summed E-state index contributed by atoms with van der Waals surface area (Å²) in [5, 5.41) is 8.52. The van der Waals surface area contributed by atoms with Gasteiger partial charge in [0.1, 0.15) is 0 Å². The number of amides is 1. The molecule has 3 rings (SSSR count). The summed E-state index contributed by atoms with van der Waals surface area (Å²) in [4.78, 5) is 12.0. The summed E-state index contributed by atoms with van der Waals surface area (Å²) in [6, 6.07) is 14.3. The van der Waals surface area contributed by atoms with Gasteiger partial charge in [-0.25, -0.2) is 0 Å². The monoisotopic (exact) mass is 269 g/mol. The molecule has 1 fully saturated rings. The van der Waals surface area contributed by atoms with Crippen molar-refractivity contribution in [3.63, 3.8) is 0 Å². The van der Waals surface area contributed by atoms with E-state index >= 15 is 0 Å². The summed E-state index contributed by atoms with van der Waals surface area (Å²) >= 11 is 0. The summed E-state index contributed by atoms with van der Waals surface area (Å²) in [6.07, 6.45) is 0. The number of carbonyl (C=O) groups is 1. The minimum atomic E-state index is -0.118. The molecular formula is C16H19N3O. The van der Waals surface area contributed by atoms with Crippen molar-refractivity contribution in [2.24, 2.45) is 11.7 Å². The van der Waals surface area contributed by atoms with Gasteiger partial charge in [0, 0.05) is 19.6 Å². The highest BCUT2D eigenvalue weighted by Gasteiger charge is 2.26. The van der Waals surface area contributed by atoms with Crippen molar-refractivity contribution in [3.8, 4) is 0 Å². The van der Waals surface area contributed by atoms with E-state index in [2.05, 4.69) is 34.9 Å². The van der Waals surface area contributed by atoms with Crippen LogP contribution in [0.5, 0.6) is 0 Å². The molecule has 0 radical (unpaired) electrons. The SMILES string of the molecule is NCC(NC(=O)C1CNC1)c1ccc2ccccc2c1. The molecule has 1 aliphatic heterocycles. The topological polar surface area (TPSA) is 67.1 Å². The lowest BCUT2D eigenvalue weighted by atomic mass is 9.99. The van der Waals surface area contributed by atoms with E-state index in [-0.39, 0.29) is 17.9 Å². The van der Waals surface area contributed by atoms with Crippen LogP contribution >= 0.6 is 0 Å². The maximum Gasteiger partial charge on any atom is 0.226 e. The van der Waals surface area contributed by atoms with Gasteiger partial charge in [-0.3, -0.25) is 4.79 Å². The van der Waals surface area contributed by atoms with Crippen LogP contribution in [-0.2, 0) is 4.79 Å². The van der Waals surface area contributed by atoms with Gasteiger partial charge in [0.15, 0.2) is 0 Å². The Hall–Kier alpha value is -1.91. The van der Waals surface area contributed by atoms with Crippen molar-refractivity contribution >= 4 is 16.7 Å². The molecule has 1 aliphatic rings. The van der Waals surface area contributed by atoms with Crippen molar-refractivity contribution in [1.29, 1.82) is 0 Å². The van der Waals surface area contributed by atoms with E-state index in [9.17, 15) is 4.79 Å². The Morgan fingerprint density at radius 1 is 1.25 bits per heavy atom. The van der Waals surface area contributed by atoms with E-state index in [1.165, 1.54) is 10.8 Å². The smallest absolute Gasteiger partial charge is 0.226 e. The largest absolute Gasteiger partial charge is 0.348 e. The van der Waals surface area contributed by atoms with Gasteiger partial charge < -0.3 is 16.4 Å². The van der Waals surface area contributed by atoms with Crippen molar-refractivity contribution < 1.29 is 4.79 Å². The van der Waals surface area contributed by atoms with Crippen LogP contribution in [0.15, 0.2) is 42.5 Å². The molecule has 104 valence electrons. The number of fused-ring (bicyclic) bond motifs is 1. The predicted molar refractivity (Wildman–Crippen MR) is 80.2 cm³/mol. The van der Waals surface area contributed by atoms with Gasteiger partial charge in [-0.1, -0.05) is 36.4 Å². The van der Waals surface area contributed by atoms with Gasteiger partial charge in [0.05, 0.1) is 12.0 Å². The molecule has 1 unspecified atom stereocenters. The molecule has 0 aliphatic carbocycles. The van der Waals surface area contributed by atoms with Gasteiger partial charge in [-0.05, 0) is 22.4 Å². The first-order chi connectivity index (χ1) is 9.78. The van der Waals surface area contributed by atoms with E-state index in [1.54, 1.807) is 0 Å². The molecule has 2 aromatic rings. The standard InChI is InChI=1S/C16H19N3O/c17-8-15(19-16(20)14-9-18-10-14)13-6-5-11-3-1-2-4-12(11)7-13/h1-7,14-15,18H,8-10,17H2,(H,19,20). The minimum Gasteiger partial charge on any atom is -0.348 e. The van der Waals surface area contributed by atoms with Crippen molar-refractivity contribution in [2.45, 2.75) is 6.04 Å². The highest BCUT2D eigenvalue weighted by Crippen LogP contribution is 2.20. The van der Waals surface area contributed by atoms with Crippen molar-refractivity contribution in [2.75, 3.05) is 19.6 Å². The molecule has 4 nitrogen and oxygen atoms in total. The van der Waals surface area contributed by atoms with Crippen LogP contribution in [0, 0.1) is 5.92 Å². The Labute approximate surface area is 118 Å². The molecule has 4 N–H and O–H groups in total. The van der Waals surface area contributed by atoms with E-state index in [4.69, 9.17) is 5.73 Å². The predicted octanol–water partition coefficient (Wildman–Crippen LogP) is 1.18. The molecule has 2 aromatic carbocycles. The fraction of sp³-hybridized carbons (Fsp3) is 0.312. The zero-order valence-corrected chi connectivity index (χ0v) is 11.3. The number of hydrogen-bond donors (Lipinski definition) is 3.